The Morgan fingerprint density at radius 2 is 1.81 bits per heavy atom. The number of nitrogens with zero attached hydrogens (tertiary/aromatic N) is 1. The van der Waals surface area contributed by atoms with Crippen molar-refractivity contribution in [3.63, 3.8) is 0 Å². The van der Waals surface area contributed by atoms with Crippen LogP contribution >= 0.6 is 24.0 Å². The first kappa shape index (κ1) is 18.5. The molecular formula is C20H19NO3S2. The summed E-state index contributed by atoms with van der Waals surface area (Å²) >= 11 is 6.74. The van der Waals surface area contributed by atoms with Crippen molar-refractivity contribution in [2.24, 2.45) is 0 Å². The van der Waals surface area contributed by atoms with E-state index in [2.05, 4.69) is 0 Å². The molecule has 26 heavy (non-hydrogen) atoms. The van der Waals surface area contributed by atoms with Gasteiger partial charge in [0, 0.05) is 5.56 Å². The van der Waals surface area contributed by atoms with Crippen LogP contribution in [0.25, 0.3) is 6.08 Å². The molecule has 1 aliphatic heterocycles. The van der Waals surface area contributed by atoms with E-state index in [1.165, 1.54) is 17.3 Å². The predicted molar refractivity (Wildman–Crippen MR) is 111 cm³/mol. The highest BCUT2D eigenvalue weighted by Crippen LogP contribution is 2.38. The Balaban J connectivity index is 1.98. The number of aryl methyl sites for hydroxylation is 2. The van der Waals surface area contributed by atoms with Gasteiger partial charge in [0.2, 0.25) is 0 Å². The zero-order valence-electron chi connectivity index (χ0n) is 15.0. The average molecular weight is 386 g/mol. The third-order valence-electron chi connectivity index (χ3n) is 4.27. The molecule has 0 bridgehead atoms. The molecule has 2 aromatic rings. The Kier molecular flexibility index (Phi) is 5.34. The van der Waals surface area contributed by atoms with E-state index >= 15 is 0 Å². The number of thioether (sulfide) groups is 1. The SMILES string of the molecule is COc1ccc(OC)c(C=C2SC(=S)N(c3ccc(C)c(C)c3)C2=O)c1. The van der Waals surface area contributed by atoms with Gasteiger partial charge in [-0.1, -0.05) is 30.0 Å². The predicted octanol–water partition coefficient (Wildman–Crippen LogP) is 4.73. The van der Waals surface area contributed by atoms with Crippen molar-refractivity contribution in [1.29, 1.82) is 0 Å². The summed E-state index contributed by atoms with van der Waals surface area (Å²) in [6.07, 6.45) is 1.79. The van der Waals surface area contributed by atoms with Crippen LogP contribution in [0.2, 0.25) is 0 Å². The van der Waals surface area contributed by atoms with Gasteiger partial charge in [-0.15, -0.1) is 0 Å². The van der Waals surface area contributed by atoms with Gasteiger partial charge in [-0.25, -0.2) is 0 Å². The minimum Gasteiger partial charge on any atom is -0.497 e. The van der Waals surface area contributed by atoms with Crippen molar-refractivity contribution in [1.82, 2.24) is 0 Å². The lowest BCUT2D eigenvalue weighted by Gasteiger charge is -2.16. The number of hydrogen-bond donors (Lipinski definition) is 0. The highest BCUT2D eigenvalue weighted by molar-refractivity contribution is 8.27. The lowest BCUT2D eigenvalue weighted by Crippen LogP contribution is -2.27. The summed E-state index contributed by atoms with van der Waals surface area (Å²) in [5.74, 6) is 1.23. The topological polar surface area (TPSA) is 38.8 Å². The molecular weight excluding hydrogens is 366 g/mol. The van der Waals surface area contributed by atoms with E-state index in [1.54, 1.807) is 25.2 Å². The monoisotopic (exact) mass is 385 g/mol. The molecule has 134 valence electrons. The molecule has 0 radical (unpaired) electrons. The molecule has 0 spiro atoms. The smallest absolute Gasteiger partial charge is 0.270 e. The Hall–Kier alpha value is -2.31. The van der Waals surface area contributed by atoms with E-state index in [0.717, 1.165) is 16.8 Å². The second kappa shape index (κ2) is 7.51. The molecule has 1 fully saturated rings. The van der Waals surface area contributed by atoms with Gasteiger partial charge in [-0.2, -0.15) is 0 Å². The largest absolute Gasteiger partial charge is 0.497 e. The zero-order valence-corrected chi connectivity index (χ0v) is 16.7. The number of carbonyl (C=O) groups excluding carboxylic acids is 1. The van der Waals surface area contributed by atoms with E-state index in [9.17, 15) is 4.79 Å². The first-order valence-electron chi connectivity index (χ1n) is 8.02. The number of thiocarbonyl (C=S) groups is 1. The minimum absolute atomic E-state index is 0.131. The number of ether oxygens (including phenoxy) is 2. The molecule has 2 aromatic carbocycles. The van der Waals surface area contributed by atoms with Crippen LogP contribution in [0.1, 0.15) is 16.7 Å². The van der Waals surface area contributed by atoms with Crippen molar-refractivity contribution in [2.45, 2.75) is 13.8 Å². The van der Waals surface area contributed by atoms with Crippen LogP contribution in [0.15, 0.2) is 41.3 Å². The number of amides is 1. The lowest BCUT2D eigenvalue weighted by molar-refractivity contribution is -0.113. The average Bonchev–Trinajstić information content (AvgIpc) is 2.91. The number of methoxy groups -OCH3 is 2. The summed E-state index contributed by atoms with van der Waals surface area (Å²) in [4.78, 5) is 15.1. The van der Waals surface area contributed by atoms with E-state index in [4.69, 9.17) is 21.7 Å². The Morgan fingerprint density at radius 1 is 1.04 bits per heavy atom. The molecule has 0 N–H and O–H groups in total. The number of carbonyl (C=O) groups is 1. The molecule has 1 amide bonds. The van der Waals surface area contributed by atoms with Gasteiger partial charge in [0.15, 0.2) is 4.32 Å². The summed E-state index contributed by atoms with van der Waals surface area (Å²) in [5, 5.41) is 0. The maximum atomic E-state index is 12.9. The summed E-state index contributed by atoms with van der Waals surface area (Å²) in [6.45, 7) is 4.06. The molecule has 0 aliphatic carbocycles. The maximum absolute atomic E-state index is 12.9. The van der Waals surface area contributed by atoms with Gasteiger partial charge in [0.1, 0.15) is 11.5 Å². The van der Waals surface area contributed by atoms with Crippen molar-refractivity contribution >= 4 is 46.0 Å². The molecule has 0 atom stereocenters. The molecule has 4 nitrogen and oxygen atoms in total. The second-order valence-corrected chi connectivity index (χ2v) is 7.57. The number of hydrogen-bond acceptors (Lipinski definition) is 5. The maximum Gasteiger partial charge on any atom is 0.270 e. The van der Waals surface area contributed by atoms with Crippen LogP contribution in [0, 0.1) is 13.8 Å². The summed E-state index contributed by atoms with van der Waals surface area (Å²) in [5.41, 5.74) is 3.86. The quantitative estimate of drug-likeness (QED) is 0.562. The third kappa shape index (κ3) is 3.48. The van der Waals surface area contributed by atoms with E-state index in [1.807, 2.05) is 50.2 Å². The van der Waals surface area contributed by atoms with Gasteiger partial charge in [0.25, 0.3) is 5.91 Å². The highest BCUT2D eigenvalue weighted by atomic mass is 32.2. The fraction of sp³-hybridized carbons (Fsp3) is 0.200. The summed E-state index contributed by atoms with van der Waals surface area (Å²) in [6, 6.07) is 11.4. The Morgan fingerprint density at radius 3 is 2.46 bits per heavy atom. The molecule has 0 unspecified atom stereocenters. The van der Waals surface area contributed by atoms with Gasteiger partial charge >= 0.3 is 0 Å². The molecule has 1 saturated heterocycles. The first-order valence-corrected chi connectivity index (χ1v) is 9.24. The molecule has 0 saturated carbocycles. The van der Waals surface area contributed by atoms with Crippen molar-refractivity contribution in [3.05, 3.63) is 58.0 Å². The summed E-state index contributed by atoms with van der Waals surface area (Å²) < 4.78 is 11.2. The van der Waals surface area contributed by atoms with Crippen LogP contribution < -0.4 is 14.4 Å². The van der Waals surface area contributed by atoms with Gasteiger partial charge < -0.3 is 9.47 Å². The number of rotatable bonds is 4. The van der Waals surface area contributed by atoms with Crippen LogP contribution in [0.3, 0.4) is 0 Å². The normalized spacial score (nSPS) is 15.7. The van der Waals surface area contributed by atoms with Crippen LogP contribution in [0.5, 0.6) is 11.5 Å². The van der Waals surface area contributed by atoms with Crippen molar-refractivity contribution < 1.29 is 14.3 Å². The van der Waals surface area contributed by atoms with Gasteiger partial charge in [0.05, 0.1) is 24.8 Å². The fourth-order valence-corrected chi connectivity index (χ4v) is 3.94. The third-order valence-corrected chi connectivity index (χ3v) is 5.57. The molecule has 3 rings (SSSR count). The highest BCUT2D eigenvalue weighted by Gasteiger charge is 2.33. The first-order chi connectivity index (χ1) is 12.4. The van der Waals surface area contributed by atoms with Gasteiger partial charge in [-0.3, -0.25) is 9.69 Å². The Labute approximate surface area is 162 Å². The van der Waals surface area contributed by atoms with Gasteiger partial charge in [-0.05, 0) is 61.4 Å². The van der Waals surface area contributed by atoms with Crippen molar-refractivity contribution in [2.75, 3.05) is 19.1 Å². The van der Waals surface area contributed by atoms with E-state index < -0.39 is 0 Å². The number of anilines is 1. The number of benzene rings is 2. The molecule has 0 aromatic heterocycles. The fourth-order valence-electron chi connectivity index (χ4n) is 2.65. The van der Waals surface area contributed by atoms with E-state index in [-0.39, 0.29) is 5.91 Å². The van der Waals surface area contributed by atoms with Crippen molar-refractivity contribution in [3.8, 4) is 11.5 Å². The van der Waals surface area contributed by atoms with Crippen LogP contribution in [0.4, 0.5) is 5.69 Å². The second-order valence-electron chi connectivity index (χ2n) is 5.89. The molecule has 1 aliphatic rings. The molecule has 6 heteroatoms. The van der Waals surface area contributed by atoms with Crippen LogP contribution in [-0.2, 0) is 4.79 Å². The Bertz CT molecular complexity index is 921. The zero-order chi connectivity index (χ0) is 18.8. The lowest BCUT2D eigenvalue weighted by atomic mass is 10.1. The standard InChI is InChI=1S/C20H19NO3S2/c1-12-5-6-15(9-13(12)2)21-19(22)18(26-20(21)25)11-14-10-16(23-3)7-8-17(14)24-4/h5-11H,1-4H3. The van der Waals surface area contributed by atoms with E-state index in [0.29, 0.717) is 20.7 Å². The van der Waals surface area contributed by atoms with Crippen LogP contribution in [-0.4, -0.2) is 24.4 Å². The summed E-state index contributed by atoms with van der Waals surface area (Å²) in [7, 11) is 3.20. The minimum atomic E-state index is -0.131. The molecule has 1 heterocycles.